The van der Waals surface area contributed by atoms with E-state index < -0.39 is 78.0 Å². The first-order valence-corrected chi connectivity index (χ1v) is 39.6. The van der Waals surface area contributed by atoms with Crippen molar-refractivity contribution in [2.45, 2.75) is 165 Å². The second kappa shape index (κ2) is 98.6. The molecule has 0 aliphatic heterocycles. The van der Waals surface area contributed by atoms with E-state index in [0.29, 0.717) is 90.1 Å². The minimum Gasteiger partial charge on any atom is -0.497 e. The number of rotatable bonds is 60. The van der Waals surface area contributed by atoms with Crippen LogP contribution in [-0.2, 0) is 118 Å². The van der Waals surface area contributed by atoms with E-state index in [-0.39, 0.29) is 137 Å². The zero-order valence-corrected chi connectivity index (χ0v) is 71.3. The van der Waals surface area contributed by atoms with E-state index in [2.05, 4.69) is 23.3 Å². The van der Waals surface area contributed by atoms with Crippen LogP contribution in [-0.4, -0.2) is 338 Å². The molecule has 0 aromatic heterocycles. The predicted molar refractivity (Wildman–Crippen MR) is 434 cm³/mol. The van der Waals surface area contributed by atoms with Crippen molar-refractivity contribution in [3.8, 4) is 5.75 Å². The minimum absolute atomic E-state index is 0.00331. The van der Waals surface area contributed by atoms with Crippen molar-refractivity contribution in [3.63, 3.8) is 0 Å². The molecule has 0 radical (unpaired) electrons. The highest BCUT2D eigenvalue weighted by atomic mass is 16.5. The fourth-order valence-electron chi connectivity index (χ4n) is 7.72. The highest BCUT2D eigenvalue weighted by Crippen LogP contribution is 2.23. The van der Waals surface area contributed by atoms with Crippen LogP contribution >= 0.6 is 0 Å². The Balaban J connectivity index is -0.000000231. The fourth-order valence-corrected chi connectivity index (χ4v) is 7.72. The lowest BCUT2D eigenvalue weighted by atomic mass is 9.90. The molecule has 2 unspecified atom stereocenters. The third-order valence-corrected chi connectivity index (χ3v) is 14.3. The Morgan fingerprint density at radius 1 is 0.368 bits per heavy atom. The molecule has 2 atom stereocenters. The van der Waals surface area contributed by atoms with Gasteiger partial charge in [0.1, 0.15) is 144 Å². The summed E-state index contributed by atoms with van der Waals surface area (Å²) in [6, 6.07) is 17.3. The zero-order chi connectivity index (χ0) is 89.8. The largest absolute Gasteiger partial charge is 0.497 e. The number of hydrogen-bond acceptors (Lipinski definition) is 34. The quantitative estimate of drug-likeness (QED) is 0.0424. The third kappa shape index (κ3) is 102. The molecule has 0 saturated heterocycles. The maximum absolute atomic E-state index is 10.7. The Morgan fingerprint density at radius 2 is 0.744 bits per heavy atom. The smallest absolute Gasteiger partial charge is 0.183 e. The summed E-state index contributed by atoms with van der Waals surface area (Å²) >= 11 is 0. The Morgan fingerprint density at radius 3 is 1.15 bits per heavy atom. The van der Waals surface area contributed by atoms with Crippen LogP contribution in [0.1, 0.15) is 157 Å². The summed E-state index contributed by atoms with van der Waals surface area (Å²) in [7, 11) is 1.60. The van der Waals surface area contributed by atoms with Crippen LogP contribution in [0.2, 0.25) is 0 Å². The number of carbonyl (C=O) groups is 11. The van der Waals surface area contributed by atoms with Crippen molar-refractivity contribution in [1.82, 2.24) is 0 Å². The summed E-state index contributed by atoms with van der Waals surface area (Å²) in [6.45, 7) is 18.7. The number of Topliss-reactive ketones (excluding diaryl/α,β-unsaturated/α-hetero) is 11. The zero-order valence-electron chi connectivity index (χ0n) is 71.3. The molecule has 0 spiro atoms. The van der Waals surface area contributed by atoms with Gasteiger partial charge >= 0.3 is 0 Å². The standard InChI is InChI=1S/C11H14O4.C11H14O3.C11H22O3.C10H18O3.C8H16O4.C7H14O4.C7H12O4.C7H14O3.C6H12O3.C5H10O3/c1-14-11-4-2-9(3-5-11)7-15-8-10(13)6-12;12-8-11(13)9-14-7-6-10-4-2-1-3-5-10;1-3-5-6-10(4-2)8-14-9-11(13)7-12;11-6-10(12)8-13-7-9-4-2-1-3-5-9;1-2-3-11-4-5-12-7-8(10)6-9;2*1-2-6(9)4-11-5-7(10)3-8;1-6(2)4-10-5-7(9)3-8;1-2-3-9-5-6(8)4-7;1-2-8-4-5(7)3-6/h2-5,12H,6-8H2,1H3;1-5,12H,6-9H2;10,12H,3-9H2,1-2H3;9,11H,1-8H2;9H,2-7H2,1H3;6,8-9H,2-5H2,1H3;8H,2-5H2,1H3;6,8H,3-5H2,1-2H3;7H,2-5H2,1H3;6H,2-4H2,1H3. The lowest BCUT2D eigenvalue weighted by molar-refractivity contribution is -0.131. The minimum atomic E-state index is -0.527. The van der Waals surface area contributed by atoms with Gasteiger partial charge in [0.15, 0.2) is 63.6 Å². The van der Waals surface area contributed by atoms with Gasteiger partial charge in [0.05, 0.1) is 46.2 Å². The van der Waals surface area contributed by atoms with E-state index in [1.165, 1.54) is 56.9 Å². The molecule has 682 valence electrons. The average Bonchev–Trinajstić information content (AvgIpc) is 0.922. The van der Waals surface area contributed by atoms with Crippen LogP contribution in [0.4, 0.5) is 0 Å². The number of benzene rings is 2. The molecular weight excluding hydrogens is 1540 g/mol. The van der Waals surface area contributed by atoms with Gasteiger partial charge in [0.25, 0.3) is 0 Å². The van der Waals surface area contributed by atoms with Crippen molar-refractivity contribution in [1.29, 1.82) is 0 Å². The fraction of sp³-hybridized carbons (Fsp3) is 0.723. The molecule has 34 nitrogen and oxygen atoms in total. The van der Waals surface area contributed by atoms with E-state index in [1.54, 1.807) is 21.0 Å². The van der Waals surface area contributed by atoms with E-state index in [0.717, 1.165) is 43.6 Å². The van der Waals surface area contributed by atoms with Crippen LogP contribution in [0, 0.1) is 17.8 Å². The van der Waals surface area contributed by atoms with Crippen molar-refractivity contribution in [2.24, 2.45) is 17.8 Å². The first-order chi connectivity index (χ1) is 56.1. The lowest BCUT2D eigenvalue weighted by Crippen LogP contribution is -2.19. The van der Waals surface area contributed by atoms with Crippen LogP contribution in [0.15, 0.2) is 54.6 Å². The summed E-state index contributed by atoms with van der Waals surface area (Å²) in [5, 5.41) is 92.2. The summed E-state index contributed by atoms with van der Waals surface area (Å²) in [6.07, 6.45) is 14.2. The molecule has 3 rings (SSSR count). The number of aliphatic hydroxyl groups is 11. The van der Waals surface area contributed by atoms with E-state index in [9.17, 15) is 52.7 Å². The van der Waals surface area contributed by atoms with Gasteiger partial charge in [-0.25, -0.2) is 0 Å². The van der Waals surface area contributed by atoms with Gasteiger partial charge in [-0.2, -0.15) is 0 Å². The number of aliphatic hydroxyl groups excluding tert-OH is 11. The average molecular weight is 1690 g/mol. The number of hydrogen-bond donors (Lipinski definition) is 11. The van der Waals surface area contributed by atoms with Crippen LogP contribution in [0.25, 0.3) is 0 Å². The molecule has 11 N–H and O–H groups in total. The number of methoxy groups -OCH3 is 1. The Bertz CT molecular complexity index is 2610. The topological polar surface area (TPSA) is 521 Å². The molecule has 1 aliphatic rings. The number of carbonyl (C=O) groups excluding carboxylic acids is 11. The molecule has 117 heavy (non-hydrogen) atoms. The first kappa shape index (κ1) is 124. The van der Waals surface area contributed by atoms with E-state index in [1.807, 2.05) is 89.2 Å². The second-order valence-electron chi connectivity index (χ2n) is 25.8. The molecule has 0 heterocycles. The molecule has 0 bridgehead atoms. The summed E-state index contributed by atoms with van der Waals surface area (Å²) in [5.41, 5.74) is 2.14. The molecule has 1 aliphatic carbocycles. The van der Waals surface area contributed by atoms with E-state index >= 15 is 0 Å². The van der Waals surface area contributed by atoms with Crippen LogP contribution in [0.3, 0.4) is 0 Å². The molecule has 0 amide bonds. The van der Waals surface area contributed by atoms with Crippen LogP contribution in [0.5, 0.6) is 5.75 Å². The van der Waals surface area contributed by atoms with Gasteiger partial charge < -0.3 is 113 Å². The molecule has 1 saturated carbocycles. The second-order valence-corrected chi connectivity index (χ2v) is 25.8. The molecule has 2 aromatic carbocycles. The lowest BCUT2D eigenvalue weighted by Gasteiger charge is -2.20. The normalized spacial score (nSPS) is 11.5. The predicted octanol–water partition coefficient (Wildman–Crippen LogP) is 3.15. The molecular formula is C83H146O34. The SMILES string of the molecule is CC(C)COCC(=O)CO.CCC(=O)COCC(=O)CO.CCC(O)COCC(=O)CO.CCCCC(CC)COCC(=O)CO.CCCOCC(=O)CO.CCCOCCOCC(=O)CO.CCOCC(=O)CO.COc1ccc(COCC(=O)CO)cc1.O=C(CO)COCC1CCCCC1.O=C(CO)COCCc1ccccc1. The van der Waals surface area contributed by atoms with Gasteiger partial charge in [-0.15, -0.1) is 0 Å². The van der Waals surface area contributed by atoms with Gasteiger partial charge in [-0.05, 0) is 92.9 Å². The molecule has 2 aromatic rings. The monoisotopic (exact) mass is 1690 g/mol. The van der Waals surface area contributed by atoms with Crippen molar-refractivity contribution >= 4 is 63.6 Å². The highest BCUT2D eigenvalue weighted by molar-refractivity contribution is 5.84. The van der Waals surface area contributed by atoms with Crippen molar-refractivity contribution in [2.75, 3.05) is 212 Å². The van der Waals surface area contributed by atoms with Gasteiger partial charge in [-0.1, -0.05) is 136 Å². The summed E-state index contributed by atoms with van der Waals surface area (Å²) < 4.78 is 59.5. The number of ketones is 11. The van der Waals surface area contributed by atoms with Crippen molar-refractivity contribution < 1.29 is 166 Å². The highest BCUT2D eigenvalue weighted by Gasteiger charge is 2.15. The van der Waals surface area contributed by atoms with Gasteiger partial charge in [0.2, 0.25) is 0 Å². The Kier molecular flexibility index (Phi) is 104. The van der Waals surface area contributed by atoms with E-state index in [4.69, 9.17) is 104 Å². The van der Waals surface area contributed by atoms with Crippen molar-refractivity contribution in [3.05, 3.63) is 65.7 Å². The maximum atomic E-state index is 10.7. The molecule has 34 heteroatoms. The Hall–Kier alpha value is -6.27. The first-order valence-electron chi connectivity index (χ1n) is 39.6. The summed E-state index contributed by atoms with van der Waals surface area (Å²) in [5.74, 6) is -0.564. The summed E-state index contributed by atoms with van der Waals surface area (Å²) in [4.78, 5) is 116. The molecule has 1 fully saturated rings. The Labute approximate surface area is 692 Å². The maximum Gasteiger partial charge on any atom is 0.183 e. The van der Waals surface area contributed by atoms with Gasteiger partial charge in [-0.3, -0.25) is 52.7 Å². The number of unbranched alkanes of at least 4 members (excludes halogenated alkanes) is 1. The third-order valence-electron chi connectivity index (χ3n) is 14.3. The van der Waals surface area contributed by atoms with Gasteiger partial charge in [0, 0.05) is 46.1 Å². The van der Waals surface area contributed by atoms with Crippen LogP contribution < -0.4 is 4.74 Å². The number of ether oxygens (including phenoxy) is 12.